The lowest BCUT2D eigenvalue weighted by Crippen LogP contribution is -2.37. The molecular weight excluding hydrogens is 543 g/mol. The lowest BCUT2D eigenvalue weighted by Gasteiger charge is -2.29. The Morgan fingerprint density at radius 3 is 2.20 bits per heavy atom. The number of esters is 1. The first-order valence-electron chi connectivity index (χ1n) is 12.6. The minimum absolute atomic E-state index is 0.201. The number of amides is 2. The number of dihydropyridines is 1. The number of ether oxygens (including phenoxy) is 3. The van der Waals surface area contributed by atoms with Crippen LogP contribution in [0.15, 0.2) is 53.4 Å². The number of hydrogen-bond acceptors (Lipinski definition) is 10. The normalized spacial score (nSPS) is 17.1. The zero-order valence-electron chi connectivity index (χ0n) is 24.1. The van der Waals surface area contributed by atoms with Crippen LogP contribution in [-0.4, -0.2) is 87.5 Å². The molecule has 0 saturated carbocycles. The second-order valence-corrected chi connectivity index (χ2v) is 11.3. The van der Waals surface area contributed by atoms with Crippen LogP contribution in [-0.2, 0) is 28.1 Å². The second-order valence-electron chi connectivity index (χ2n) is 9.62. The number of carbonyl (C=O) groups is 3. The van der Waals surface area contributed by atoms with E-state index in [1.54, 1.807) is 57.3 Å². The average Bonchev–Trinajstić information content (AvgIpc) is 2.87. The van der Waals surface area contributed by atoms with Crippen molar-refractivity contribution in [1.29, 1.82) is 0 Å². The molecule has 1 aliphatic heterocycles. The van der Waals surface area contributed by atoms with Gasteiger partial charge in [0.05, 0.1) is 18.8 Å². The summed E-state index contributed by atoms with van der Waals surface area (Å²) >= 11 is 0. The third-order valence-electron chi connectivity index (χ3n) is 5.27. The number of rotatable bonds is 12. The molecule has 0 spiro atoms. The van der Waals surface area contributed by atoms with Crippen molar-refractivity contribution in [1.82, 2.24) is 20.2 Å². The van der Waals surface area contributed by atoms with Gasteiger partial charge in [-0.25, -0.2) is 14.2 Å². The van der Waals surface area contributed by atoms with Crippen LogP contribution in [0.2, 0.25) is 0 Å². The van der Waals surface area contributed by atoms with Crippen molar-refractivity contribution in [2.75, 3.05) is 41.4 Å². The molecule has 0 fully saturated rings. The van der Waals surface area contributed by atoms with E-state index in [1.165, 1.54) is 44.9 Å². The lowest BCUT2D eigenvalue weighted by atomic mass is 10.0. The number of benzene rings is 1. The van der Waals surface area contributed by atoms with Gasteiger partial charge < -0.3 is 33.9 Å². The van der Waals surface area contributed by atoms with E-state index in [0.29, 0.717) is 11.1 Å². The van der Waals surface area contributed by atoms with Crippen LogP contribution in [0.4, 0.5) is 9.59 Å². The van der Waals surface area contributed by atoms with Gasteiger partial charge in [0.15, 0.2) is 0 Å². The molecule has 13 nitrogen and oxygen atoms in total. The smallest absolute Gasteiger partial charge is 0.459 e. The first-order valence-corrected chi connectivity index (χ1v) is 14.2. The van der Waals surface area contributed by atoms with Crippen molar-refractivity contribution in [2.45, 2.75) is 45.9 Å². The number of carbonyl (C=O) groups excluding carboxylic acids is 3. The monoisotopic (exact) mass is 582 g/mol. The maximum Gasteiger partial charge on any atom is 0.459 e. The summed E-state index contributed by atoms with van der Waals surface area (Å²) in [6.07, 6.45) is -0.0535. The number of hydrogen-bond donors (Lipinski definition) is 2. The molecule has 0 bridgehead atoms. The van der Waals surface area contributed by atoms with Crippen molar-refractivity contribution < 1.29 is 42.2 Å². The summed E-state index contributed by atoms with van der Waals surface area (Å²) in [4.78, 5) is 39.5. The van der Waals surface area contributed by atoms with Gasteiger partial charge in [0.1, 0.15) is 24.2 Å². The van der Waals surface area contributed by atoms with Gasteiger partial charge >= 0.3 is 25.9 Å². The number of nitrogens with one attached hydrogen (secondary N) is 2. The first-order chi connectivity index (χ1) is 18.7. The summed E-state index contributed by atoms with van der Waals surface area (Å²) in [6.45, 7) is 6.03. The van der Waals surface area contributed by atoms with Crippen molar-refractivity contribution in [3.8, 4) is 5.75 Å². The van der Waals surface area contributed by atoms with Gasteiger partial charge in [-0.15, -0.1) is 0 Å². The third-order valence-corrected chi connectivity index (χ3v) is 6.89. The fourth-order valence-electron chi connectivity index (χ4n) is 3.19. The Balaban J connectivity index is 2.37. The van der Waals surface area contributed by atoms with Crippen LogP contribution in [0.1, 0.15) is 27.7 Å². The van der Waals surface area contributed by atoms with E-state index < -0.39 is 38.0 Å². The summed E-state index contributed by atoms with van der Waals surface area (Å²) in [5.41, 5.74) is 0.720. The van der Waals surface area contributed by atoms with Gasteiger partial charge in [-0.3, -0.25) is 9.32 Å². The summed E-state index contributed by atoms with van der Waals surface area (Å²) in [5, 5.41) is 5.68. The number of nitrogens with zero attached hydrogens (tertiary/aromatic N) is 2. The van der Waals surface area contributed by atoms with E-state index in [1.807, 2.05) is 0 Å². The zero-order chi connectivity index (χ0) is 30.0. The fraction of sp³-hybridized carbons (Fsp3) is 0.500. The van der Waals surface area contributed by atoms with E-state index >= 15 is 0 Å². The highest BCUT2D eigenvalue weighted by Crippen LogP contribution is 2.46. The quantitative estimate of drug-likeness (QED) is 0.212. The van der Waals surface area contributed by atoms with E-state index in [4.69, 9.17) is 23.3 Å². The Hall–Kier alpha value is -3.54. The van der Waals surface area contributed by atoms with E-state index in [9.17, 15) is 18.9 Å². The highest BCUT2D eigenvalue weighted by Gasteiger charge is 2.34. The number of para-hydroxylation sites is 1. The van der Waals surface area contributed by atoms with Crippen molar-refractivity contribution in [2.24, 2.45) is 0 Å². The Morgan fingerprint density at radius 1 is 1.00 bits per heavy atom. The standard InChI is InChI=1S/C26H39N4O9P/c1-17(2)37-24(31)19(4)28-40(34,39-21-12-10-9-11-13-21)36-15-20-14-27-18(3)23(38-26(33)30(7)8)22(20)16-35-25(32)29(5)6/h9-14,17-19,27H,15-16H2,1-8H3,(H,28,34)/t18?,19-,40?/m0/s1. The molecule has 2 amide bonds. The summed E-state index contributed by atoms with van der Waals surface area (Å²) < 4.78 is 41.5. The summed E-state index contributed by atoms with van der Waals surface area (Å²) in [5.74, 6) is -0.202. The topological polar surface area (TPSA) is 145 Å². The molecule has 40 heavy (non-hydrogen) atoms. The molecule has 222 valence electrons. The second kappa shape index (κ2) is 14.7. The van der Waals surface area contributed by atoms with Gasteiger partial charge in [0.25, 0.3) is 0 Å². The van der Waals surface area contributed by atoms with E-state index in [0.717, 1.165) is 0 Å². The van der Waals surface area contributed by atoms with Gasteiger partial charge in [0, 0.05) is 45.5 Å². The zero-order valence-corrected chi connectivity index (χ0v) is 25.0. The molecule has 2 rings (SSSR count). The summed E-state index contributed by atoms with van der Waals surface area (Å²) in [7, 11) is 1.93. The highest BCUT2D eigenvalue weighted by atomic mass is 31.2. The van der Waals surface area contributed by atoms with E-state index in [2.05, 4.69) is 10.4 Å². The van der Waals surface area contributed by atoms with Crippen LogP contribution in [0, 0.1) is 0 Å². The van der Waals surface area contributed by atoms with Gasteiger partial charge in [-0.05, 0) is 39.8 Å². The maximum absolute atomic E-state index is 13.9. The Kier molecular flexibility index (Phi) is 12.0. The Morgan fingerprint density at radius 2 is 1.62 bits per heavy atom. The molecule has 1 aliphatic rings. The van der Waals surface area contributed by atoms with Crippen LogP contribution in [0.25, 0.3) is 0 Å². The Bertz CT molecular complexity index is 1150. The van der Waals surface area contributed by atoms with Crippen molar-refractivity contribution in [3.63, 3.8) is 0 Å². The van der Waals surface area contributed by atoms with Gasteiger partial charge in [0.2, 0.25) is 0 Å². The molecule has 1 aromatic carbocycles. The molecule has 0 aromatic heterocycles. The minimum atomic E-state index is -4.19. The van der Waals surface area contributed by atoms with Gasteiger partial charge in [-0.1, -0.05) is 18.2 Å². The van der Waals surface area contributed by atoms with E-state index in [-0.39, 0.29) is 30.8 Å². The first kappa shape index (κ1) is 32.7. The predicted octanol–water partition coefficient (Wildman–Crippen LogP) is 3.65. The molecule has 0 aliphatic carbocycles. The molecular formula is C26H39N4O9P. The lowest BCUT2D eigenvalue weighted by molar-refractivity contribution is -0.149. The van der Waals surface area contributed by atoms with Crippen LogP contribution >= 0.6 is 7.75 Å². The van der Waals surface area contributed by atoms with Gasteiger partial charge in [-0.2, -0.15) is 5.09 Å². The highest BCUT2D eigenvalue weighted by molar-refractivity contribution is 7.52. The van der Waals surface area contributed by atoms with Crippen LogP contribution in [0.5, 0.6) is 5.75 Å². The average molecular weight is 583 g/mol. The van der Waals surface area contributed by atoms with Crippen LogP contribution in [0.3, 0.4) is 0 Å². The summed E-state index contributed by atoms with van der Waals surface area (Å²) in [6, 6.07) is 6.81. The molecule has 2 unspecified atom stereocenters. The maximum atomic E-state index is 13.9. The van der Waals surface area contributed by atoms with Crippen molar-refractivity contribution in [3.05, 3.63) is 53.4 Å². The van der Waals surface area contributed by atoms with Crippen LogP contribution < -0.4 is 14.9 Å². The molecule has 1 aromatic rings. The minimum Gasteiger partial charge on any atom is -0.462 e. The molecule has 3 atom stereocenters. The Labute approximate surface area is 235 Å². The third kappa shape index (κ3) is 9.89. The van der Waals surface area contributed by atoms with Crippen molar-refractivity contribution >= 4 is 25.9 Å². The fourth-order valence-corrected chi connectivity index (χ4v) is 4.66. The molecule has 2 N–H and O–H groups in total. The molecule has 1 heterocycles. The molecule has 14 heteroatoms. The molecule has 0 saturated heterocycles. The SMILES string of the molecule is CC(C)OC(=O)[C@H](C)NP(=O)(OCC1=CNC(C)C(OC(=O)N(C)C)=C1COC(=O)N(C)C)Oc1ccccc1. The predicted molar refractivity (Wildman–Crippen MR) is 147 cm³/mol. The largest absolute Gasteiger partial charge is 0.462 e. The molecule has 0 radical (unpaired) electrons.